The average molecular weight is 430 g/mol. The molecule has 0 bridgehead atoms. The molecule has 9 nitrogen and oxygen atoms in total. The lowest BCUT2D eigenvalue weighted by Gasteiger charge is -2.34. The van der Waals surface area contributed by atoms with Crippen LogP contribution in [0.5, 0.6) is 0 Å². The number of nitro groups is 1. The number of nitrogens with one attached hydrogen (secondary N) is 3. The van der Waals surface area contributed by atoms with Gasteiger partial charge in [0.25, 0.3) is 11.6 Å². The van der Waals surface area contributed by atoms with Crippen LogP contribution in [-0.4, -0.2) is 35.7 Å². The van der Waals surface area contributed by atoms with E-state index in [2.05, 4.69) is 10.2 Å². The fraction of sp³-hybridized carbons (Fsp3) is 0.176. The summed E-state index contributed by atoms with van der Waals surface area (Å²) in [6.45, 7) is 0. The summed E-state index contributed by atoms with van der Waals surface area (Å²) >= 11 is 0. The highest BCUT2D eigenvalue weighted by atomic mass is 19.4. The molecule has 1 unspecified atom stereocenters. The first-order chi connectivity index (χ1) is 14.0. The Kier molecular flexibility index (Phi) is 6.56. The van der Waals surface area contributed by atoms with Gasteiger partial charge in [-0.05, 0) is 36.4 Å². The van der Waals surface area contributed by atoms with Crippen LogP contribution in [0.25, 0.3) is 0 Å². The number of halogens is 4. The van der Waals surface area contributed by atoms with Crippen LogP contribution in [0.2, 0.25) is 0 Å². The summed E-state index contributed by atoms with van der Waals surface area (Å²) in [4.78, 5) is 34.3. The van der Waals surface area contributed by atoms with Crippen molar-refractivity contribution in [2.75, 3.05) is 12.5 Å². The number of methoxy groups -OCH3 is 1. The van der Waals surface area contributed by atoms with Crippen molar-refractivity contribution in [1.29, 1.82) is 0 Å². The van der Waals surface area contributed by atoms with Gasteiger partial charge in [-0.3, -0.25) is 14.9 Å². The fourth-order valence-electron chi connectivity index (χ4n) is 2.22. The minimum absolute atomic E-state index is 0.0887. The molecule has 0 aliphatic carbocycles. The number of alkyl halides is 3. The summed E-state index contributed by atoms with van der Waals surface area (Å²) in [6.07, 6.45) is -5.40. The van der Waals surface area contributed by atoms with Crippen molar-refractivity contribution >= 4 is 23.3 Å². The second-order valence-electron chi connectivity index (χ2n) is 5.75. The summed E-state index contributed by atoms with van der Waals surface area (Å²) < 4.78 is 58.8. The zero-order valence-corrected chi connectivity index (χ0v) is 15.1. The zero-order chi connectivity index (χ0) is 22.5. The van der Waals surface area contributed by atoms with E-state index in [9.17, 15) is 37.3 Å². The number of esters is 1. The highest BCUT2D eigenvalue weighted by Gasteiger charge is 2.63. The number of rotatable bonds is 7. The molecular formula is C17H14F4N4O5. The van der Waals surface area contributed by atoms with Crippen molar-refractivity contribution in [1.82, 2.24) is 10.7 Å². The van der Waals surface area contributed by atoms with Crippen molar-refractivity contribution < 1.29 is 36.8 Å². The normalized spacial score (nSPS) is 13.1. The average Bonchev–Trinajstić information content (AvgIpc) is 2.70. The van der Waals surface area contributed by atoms with E-state index in [0.717, 1.165) is 48.5 Å². The summed E-state index contributed by atoms with van der Waals surface area (Å²) in [5.41, 5.74) is -0.758. The number of nitrogens with zero attached hydrogens (tertiary/aromatic N) is 1. The SMILES string of the molecule is COC(=O)C(NNc1ccc([N+](=O)[O-])cc1)(NC(=O)c1ccc(F)cc1)C(F)(F)F. The van der Waals surface area contributed by atoms with Gasteiger partial charge in [-0.25, -0.2) is 9.18 Å². The van der Waals surface area contributed by atoms with E-state index in [-0.39, 0.29) is 16.9 Å². The van der Waals surface area contributed by atoms with Gasteiger partial charge in [0, 0.05) is 23.4 Å². The van der Waals surface area contributed by atoms with Crippen LogP contribution in [0, 0.1) is 15.9 Å². The molecule has 13 heteroatoms. The molecule has 0 saturated heterocycles. The molecule has 2 aromatic carbocycles. The second kappa shape index (κ2) is 8.73. The number of benzene rings is 2. The van der Waals surface area contributed by atoms with Crippen LogP contribution in [0.3, 0.4) is 0 Å². The van der Waals surface area contributed by atoms with Crippen LogP contribution < -0.4 is 16.2 Å². The van der Waals surface area contributed by atoms with Gasteiger partial charge >= 0.3 is 17.8 Å². The summed E-state index contributed by atoms with van der Waals surface area (Å²) in [5.74, 6) is -3.98. The Bertz CT molecular complexity index is 935. The first kappa shape index (κ1) is 22.5. The third-order valence-electron chi connectivity index (χ3n) is 3.80. The number of non-ortho nitro benzene ring substituents is 1. The molecule has 0 fully saturated rings. The van der Waals surface area contributed by atoms with Crippen LogP contribution >= 0.6 is 0 Å². The second-order valence-corrected chi connectivity index (χ2v) is 5.75. The number of hydrazine groups is 1. The van der Waals surface area contributed by atoms with Crippen molar-refractivity contribution in [2.24, 2.45) is 0 Å². The number of amides is 1. The first-order valence-electron chi connectivity index (χ1n) is 8.01. The zero-order valence-electron chi connectivity index (χ0n) is 15.1. The van der Waals surface area contributed by atoms with Gasteiger partial charge in [0.2, 0.25) is 0 Å². The van der Waals surface area contributed by atoms with E-state index in [4.69, 9.17) is 0 Å². The van der Waals surface area contributed by atoms with Gasteiger partial charge in [-0.15, -0.1) is 0 Å². The van der Waals surface area contributed by atoms with Crippen LogP contribution in [0.15, 0.2) is 48.5 Å². The van der Waals surface area contributed by atoms with Gasteiger partial charge in [-0.2, -0.15) is 18.6 Å². The molecule has 0 radical (unpaired) electrons. The molecule has 2 rings (SSSR count). The minimum atomic E-state index is -5.40. The standard InChI is InChI=1S/C17H14F4N4O5/c1-30-15(27)16(17(19,20)21,22-14(26)10-2-4-11(18)5-3-10)24-23-12-6-8-13(9-7-12)25(28)29/h2-9,23-24H,1H3,(H,22,26). The van der Waals surface area contributed by atoms with Gasteiger partial charge in [0.15, 0.2) is 0 Å². The number of ether oxygens (including phenoxy) is 1. The van der Waals surface area contributed by atoms with E-state index in [1.54, 1.807) is 5.43 Å². The number of hydrogen-bond donors (Lipinski definition) is 3. The number of carbonyl (C=O) groups excluding carboxylic acids is 2. The van der Waals surface area contributed by atoms with E-state index in [0.29, 0.717) is 7.11 Å². The maximum Gasteiger partial charge on any atom is 0.438 e. The molecule has 0 spiro atoms. The number of hydrogen-bond acceptors (Lipinski definition) is 7. The molecule has 2 aromatic rings. The van der Waals surface area contributed by atoms with Crippen molar-refractivity contribution in [3.8, 4) is 0 Å². The largest absolute Gasteiger partial charge is 0.466 e. The number of anilines is 1. The molecule has 0 heterocycles. The molecule has 1 amide bonds. The van der Waals surface area contributed by atoms with Crippen LogP contribution in [0.1, 0.15) is 10.4 Å². The molecule has 3 N–H and O–H groups in total. The smallest absolute Gasteiger partial charge is 0.438 e. The van der Waals surface area contributed by atoms with Gasteiger partial charge in [-0.1, -0.05) is 0 Å². The van der Waals surface area contributed by atoms with Gasteiger partial charge in [0.1, 0.15) is 5.82 Å². The topological polar surface area (TPSA) is 123 Å². The lowest BCUT2D eigenvalue weighted by Crippen LogP contribution is -2.73. The summed E-state index contributed by atoms with van der Waals surface area (Å²) in [5, 5.41) is 12.2. The van der Waals surface area contributed by atoms with E-state index in [1.807, 2.05) is 0 Å². The third kappa shape index (κ3) is 4.81. The van der Waals surface area contributed by atoms with E-state index >= 15 is 0 Å². The molecule has 30 heavy (non-hydrogen) atoms. The maximum atomic E-state index is 13.9. The van der Waals surface area contributed by atoms with E-state index in [1.165, 1.54) is 5.32 Å². The predicted molar refractivity (Wildman–Crippen MR) is 94.5 cm³/mol. The lowest BCUT2D eigenvalue weighted by molar-refractivity contribution is -0.384. The monoisotopic (exact) mass is 430 g/mol. The minimum Gasteiger partial charge on any atom is -0.466 e. The predicted octanol–water partition coefficient (Wildman–Crippen LogP) is 2.51. The van der Waals surface area contributed by atoms with Gasteiger partial charge in [0.05, 0.1) is 12.0 Å². The fourth-order valence-corrected chi connectivity index (χ4v) is 2.22. The van der Waals surface area contributed by atoms with E-state index < -0.39 is 34.5 Å². The van der Waals surface area contributed by atoms with Gasteiger partial charge < -0.3 is 15.5 Å². The Morgan fingerprint density at radius 3 is 2.07 bits per heavy atom. The van der Waals surface area contributed by atoms with Crippen LogP contribution in [-0.2, 0) is 9.53 Å². The molecule has 160 valence electrons. The van der Waals surface area contributed by atoms with Crippen molar-refractivity contribution in [2.45, 2.75) is 11.8 Å². The molecule has 0 saturated carbocycles. The Balaban J connectivity index is 2.35. The number of nitro benzene ring substituents is 1. The lowest BCUT2D eigenvalue weighted by atomic mass is 10.1. The molecule has 1 atom stereocenters. The van der Waals surface area contributed by atoms with Crippen molar-refractivity contribution in [3.05, 3.63) is 70.0 Å². The maximum absolute atomic E-state index is 13.9. The number of carbonyl (C=O) groups is 2. The van der Waals surface area contributed by atoms with Crippen molar-refractivity contribution in [3.63, 3.8) is 0 Å². The molecule has 0 aromatic heterocycles. The molecule has 0 aliphatic rings. The highest BCUT2D eigenvalue weighted by molar-refractivity contribution is 5.98. The Hall–Kier alpha value is -3.74. The Morgan fingerprint density at radius 2 is 1.60 bits per heavy atom. The van der Waals surface area contributed by atoms with Crippen LogP contribution in [0.4, 0.5) is 28.9 Å². The Morgan fingerprint density at radius 1 is 1.03 bits per heavy atom. The quantitative estimate of drug-likeness (QED) is 0.203. The first-order valence-corrected chi connectivity index (χ1v) is 8.01. The Labute approximate surface area is 166 Å². The summed E-state index contributed by atoms with van der Waals surface area (Å²) in [7, 11) is 0.681. The summed E-state index contributed by atoms with van der Waals surface area (Å²) in [6, 6.07) is 7.72. The molecular weight excluding hydrogens is 416 g/mol. The molecule has 0 aliphatic heterocycles. The highest BCUT2D eigenvalue weighted by Crippen LogP contribution is 2.30. The third-order valence-corrected chi connectivity index (χ3v) is 3.80.